The second kappa shape index (κ2) is 7.00. The lowest BCUT2D eigenvalue weighted by atomic mass is 10.1. The summed E-state index contributed by atoms with van der Waals surface area (Å²) < 4.78 is 0. The molecule has 0 fully saturated rings. The summed E-state index contributed by atoms with van der Waals surface area (Å²) in [7, 11) is 0. The van der Waals surface area contributed by atoms with Gasteiger partial charge in [0.2, 0.25) is 5.91 Å². The maximum atomic E-state index is 12.3. The van der Waals surface area contributed by atoms with Gasteiger partial charge in [-0.3, -0.25) is 4.79 Å². The maximum absolute atomic E-state index is 12.3. The number of H-pyrrole nitrogens is 1. The van der Waals surface area contributed by atoms with Crippen LogP contribution in [0.3, 0.4) is 0 Å². The number of aromatic amines is 1. The Kier molecular flexibility index (Phi) is 4.61. The molecular formula is C19H18N2O3. The van der Waals surface area contributed by atoms with E-state index in [2.05, 4.69) is 10.3 Å². The van der Waals surface area contributed by atoms with E-state index in [0.717, 1.165) is 22.0 Å². The van der Waals surface area contributed by atoms with Crippen molar-refractivity contribution in [2.75, 3.05) is 0 Å². The Balaban J connectivity index is 1.68. The molecule has 0 saturated heterocycles. The smallest absolute Gasteiger partial charge is 0.326 e. The van der Waals surface area contributed by atoms with Crippen molar-refractivity contribution in [3.63, 3.8) is 0 Å². The van der Waals surface area contributed by atoms with Gasteiger partial charge in [0.05, 0.1) is 6.42 Å². The van der Waals surface area contributed by atoms with E-state index in [-0.39, 0.29) is 18.7 Å². The number of benzene rings is 2. The number of carbonyl (C=O) groups is 2. The molecule has 0 spiro atoms. The molecule has 0 aliphatic carbocycles. The van der Waals surface area contributed by atoms with E-state index < -0.39 is 12.0 Å². The normalized spacial score (nSPS) is 12.0. The van der Waals surface area contributed by atoms with Gasteiger partial charge in [-0.2, -0.15) is 0 Å². The first-order valence-corrected chi connectivity index (χ1v) is 7.74. The van der Waals surface area contributed by atoms with E-state index in [1.54, 1.807) is 6.20 Å². The molecule has 1 heterocycles. The molecule has 3 rings (SSSR count). The average molecular weight is 322 g/mol. The van der Waals surface area contributed by atoms with Gasteiger partial charge in [0.15, 0.2) is 0 Å². The van der Waals surface area contributed by atoms with E-state index in [1.807, 2.05) is 54.6 Å². The maximum Gasteiger partial charge on any atom is 0.326 e. The monoisotopic (exact) mass is 322 g/mol. The predicted octanol–water partition coefficient (Wildman–Crippen LogP) is 2.52. The first kappa shape index (κ1) is 15.8. The molecule has 0 saturated carbocycles. The zero-order valence-electron chi connectivity index (χ0n) is 13.0. The summed E-state index contributed by atoms with van der Waals surface area (Å²) in [5, 5.41) is 13.0. The van der Waals surface area contributed by atoms with Gasteiger partial charge in [-0.1, -0.05) is 48.5 Å². The Labute approximate surface area is 139 Å². The zero-order chi connectivity index (χ0) is 16.9. The van der Waals surface area contributed by atoms with Crippen LogP contribution in [-0.2, 0) is 22.4 Å². The summed E-state index contributed by atoms with van der Waals surface area (Å²) in [4.78, 5) is 26.8. The number of hydrogen-bond donors (Lipinski definition) is 3. The van der Waals surface area contributed by atoms with Crippen molar-refractivity contribution < 1.29 is 14.7 Å². The molecular weight excluding hydrogens is 304 g/mol. The third-order valence-corrected chi connectivity index (χ3v) is 3.94. The summed E-state index contributed by atoms with van der Waals surface area (Å²) in [5.41, 5.74) is 2.68. The third-order valence-electron chi connectivity index (χ3n) is 3.94. The number of aliphatic carboxylic acids is 1. The Hall–Kier alpha value is -3.08. The number of hydrogen-bond acceptors (Lipinski definition) is 2. The first-order chi connectivity index (χ1) is 11.6. The molecule has 1 aromatic heterocycles. The van der Waals surface area contributed by atoms with Crippen LogP contribution in [-0.4, -0.2) is 28.0 Å². The second-order valence-corrected chi connectivity index (χ2v) is 5.68. The highest BCUT2D eigenvalue weighted by Crippen LogP contribution is 2.18. The first-order valence-electron chi connectivity index (χ1n) is 7.74. The van der Waals surface area contributed by atoms with Crippen molar-refractivity contribution in [2.45, 2.75) is 18.9 Å². The Morgan fingerprint density at radius 1 is 1.04 bits per heavy atom. The predicted molar refractivity (Wildman–Crippen MR) is 91.7 cm³/mol. The number of carbonyl (C=O) groups excluding carboxylic acids is 1. The second-order valence-electron chi connectivity index (χ2n) is 5.68. The Morgan fingerprint density at radius 2 is 1.75 bits per heavy atom. The largest absolute Gasteiger partial charge is 0.480 e. The number of amides is 1. The van der Waals surface area contributed by atoms with Gasteiger partial charge in [0.1, 0.15) is 6.04 Å². The van der Waals surface area contributed by atoms with Gasteiger partial charge in [-0.15, -0.1) is 0 Å². The van der Waals surface area contributed by atoms with Crippen molar-refractivity contribution in [3.8, 4) is 0 Å². The van der Waals surface area contributed by atoms with Crippen LogP contribution >= 0.6 is 0 Å². The fourth-order valence-electron chi connectivity index (χ4n) is 2.75. The summed E-state index contributed by atoms with van der Waals surface area (Å²) in [6, 6.07) is 16.0. The molecule has 3 aromatic rings. The third kappa shape index (κ3) is 3.63. The van der Waals surface area contributed by atoms with E-state index in [9.17, 15) is 14.7 Å². The summed E-state index contributed by atoms with van der Waals surface area (Å²) >= 11 is 0. The molecule has 1 unspecified atom stereocenters. The van der Waals surface area contributed by atoms with Gasteiger partial charge >= 0.3 is 5.97 Å². The fourth-order valence-corrected chi connectivity index (χ4v) is 2.75. The molecule has 3 N–H and O–H groups in total. The number of aromatic nitrogens is 1. The highest BCUT2D eigenvalue weighted by Gasteiger charge is 2.21. The summed E-state index contributed by atoms with van der Waals surface area (Å²) in [6.07, 6.45) is 2.19. The highest BCUT2D eigenvalue weighted by molar-refractivity contribution is 5.90. The van der Waals surface area contributed by atoms with Gasteiger partial charge in [0, 0.05) is 23.5 Å². The van der Waals surface area contributed by atoms with Crippen LogP contribution in [0.5, 0.6) is 0 Å². The SMILES string of the molecule is O=C(Cc1c[nH]c2ccccc12)NC(Cc1ccccc1)C(=O)O. The average Bonchev–Trinajstić information content (AvgIpc) is 2.98. The van der Waals surface area contributed by atoms with Crippen molar-refractivity contribution in [2.24, 2.45) is 0 Å². The topological polar surface area (TPSA) is 82.2 Å². The summed E-state index contributed by atoms with van der Waals surface area (Å²) in [6.45, 7) is 0. The molecule has 1 atom stereocenters. The minimum absolute atomic E-state index is 0.141. The highest BCUT2D eigenvalue weighted by atomic mass is 16.4. The van der Waals surface area contributed by atoms with Gasteiger partial charge in [-0.05, 0) is 17.2 Å². The van der Waals surface area contributed by atoms with Gasteiger partial charge in [-0.25, -0.2) is 4.79 Å². The van der Waals surface area contributed by atoms with Crippen molar-refractivity contribution in [1.29, 1.82) is 0 Å². The molecule has 122 valence electrons. The van der Waals surface area contributed by atoms with Crippen molar-refractivity contribution in [3.05, 3.63) is 71.9 Å². The number of rotatable bonds is 6. The molecule has 0 aliphatic rings. The molecule has 0 bridgehead atoms. The van der Waals surface area contributed by atoms with E-state index in [0.29, 0.717) is 0 Å². The lowest BCUT2D eigenvalue weighted by molar-refractivity contribution is -0.141. The van der Waals surface area contributed by atoms with Gasteiger partial charge in [0.25, 0.3) is 0 Å². The van der Waals surface area contributed by atoms with Crippen molar-refractivity contribution in [1.82, 2.24) is 10.3 Å². The van der Waals surface area contributed by atoms with Crippen LogP contribution in [0.1, 0.15) is 11.1 Å². The van der Waals surface area contributed by atoms with Gasteiger partial charge < -0.3 is 15.4 Å². The number of carboxylic acids is 1. The lowest BCUT2D eigenvalue weighted by Crippen LogP contribution is -2.43. The van der Waals surface area contributed by atoms with Crippen LogP contribution in [0.15, 0.2) is 60.8 Å². The van der Waals surface area contributed by atoms with Crippen LogP contribution in [0, 0.1) is 0 Å². The van der Waals surface area contributed by atoms with Crippen LogP contribution < -0.4 is 5.32 Å². The molecule has 0 radical (unpaired) electrons. The van der Waals surface area contributed by atoms with Crippen LogP contribution in [0.4, 0.5) is 0 Å². The molecule has 5 nitrogen and oxygen atoms in total. The quantitative estimate of drug-likeness (QED) is 0.652. The standard InChI is InChI=1S/C19H18N2O3/c22-18(11-14-12-20-16-9-5-4-8-15(14)16)21-17(19(23)24)10-13-6-2-1-3-7-13/h1-9,12,17,20H,10-11H2,(H,21,22)(H,23,24). The molecule has 1 amide bonds. The summed E-state index contributed by atoms with van der Waals surface area (Å²) in [5.74, 6) is -1.34. The van der Waals surface area contributed by atoms with E-state index >= 15 is 0 Å². The fraction of sp³-hybridized carbons (Fsp3) is 0.158. The molecule has 2 aromatic carbocycles. The minimum atomic E-state index is -1.04. The molecule has 24 heavy (non-hydrogen) atoms. The van der Waals surface area contributed by atoms with Crippen molar-refractivity contribution >= 4 is 22.8 Å². The minimum Gasteiger partial charge on any atom is -0.480 e. The van der Waals surface area contributed by atoms with E-state index in [1.165, 1.54) is 0 Å². The molecule has 5 heteroatoms. The lowest BCUT2D eigenvalue weighted by Gasteiger charge is -2.14. The number of fused-ring (bicyclic) bond motifs is 1. The number of carboxylic acid groups (broad SMARTS) is 1. The number of para-hydroxylation sites is 1. The Morgan fingerprint density at radius 3 is 2.50 bits per heavy atom. The van der Waals surface area contributed by atoms with Crippen LogP contribution in [0.2, 0.25) is 0 Å². The van der Waals surface area contributed by atoms with Crippen LogP contribution in [0.25, 0.3) is 10.9 Å². The van der Waals surface area contributed by atoms with E-state index in [4.69, 9.17) is 0 Å². The number of nitrogens with one attached hydrogen (secondary N) is 2. The molecule has 0 aliphatic heterocycles. The Bertz CT molecular complexity index is 855. The zero-order valence-corrected chi connectivity index (χ0v) is 13.0.